The fourth-order valence-electron chi connectivity index (χ4n) is 2.00. The molecular weight excluding hydrogens is 447 g/mol. The Labute approximate surface area is 179 Å². The topological polar surface area (TPSA) is 109 Å². The summed E-state index contributed by atoms with van der Waals surface area (Å²) >= 11 is 6.55. The van der Waals surface area contributed by atoms with Gasteiger partial charge >= 0.3 is 12.3 Å². The summed E-state index contributed by atoms with van der Waals surface area (Å²) in [6, 6.07) is 0.699. The minimum atomic E-state index is -4.66. The quantitative estimate of drug-likeness (QED) is 0.339. The van der Waals surface area contributed by atoms with Gasteiger partial charge in [-0.2, -0.15) is 18.3 Å². The molecule has 0 aliphatic carbocycles. The van der Waals surface area contributed by atoms with Crippen LogP contribution in [0.4, 0.5) is 23.8 Å². The first-order valence-corrected chi connectivity index (χ1v) is 9.62. The van der Waals surface area contributed by atoms with Gasteiger partial charge < -0.3 is 15.2 Å². The van der Waals surface area contributed by atoms with Crippen LogP contribution in [0, 0.1) is 0 Å². The number of pyridine rings is 1. The largest absolute Gasteiger partial charge is 0.443 e. The van der Waals surface area contributed by atoms with Crippen LogP contribution in [0.2, 0.25) is 5.02 Å². The maximum atomic E-state index is 12.9. The molecule has 1 unspecified atom stereocenters. The number of amides is 1. The molecule has 1 atom stereocenters. The summed E-state index contributed by atoms with van der Waals surface area (Å²) in [5.74, 6) is -0.217. The van der Waals surface area contributed by atoms with E-state index in [1.807, 2.05) is 0 Å². The Morgan fingerprint density at radius 2 is 1.97 bits per heavy atom. The Bertz CT molecular complexity index is 943. The molecule has 2 rings (SSSR count). The molecule has 0 aromatic carbocycles. The van der Waals surface area contributed by atoms with E-state index in [-0.39, 0.29) is 5.82 Å². The minimum Gasteiger partial charge on any atom is -0.443 e. The monoisotopic (exact) mass is 465 g/mol. The number of rotatable bonds is 5. The minimum absolute atomic E-state index is 0.217. The average Bonchev–Trinajstić information content (AvgIpc) is 3.09. The molecule has 0 bridgehead atoms. The highest BCUT2D eigenvalue weighted by molar-refractivity contribution is 7.13. The number of aliphatic hydroxyl groups excluding tert-OH is 1. The highest BCUT2D eigenvalue weighted by Crippen LogP contribution is 2.35. The Kier molecular flexibility index (Phi) is 7.27. The number of thiazole rings is 1. The number of ether oxygens (including phenoxy) is 1. The number of aliphatic hydroxyl groups is 1. The van der Waals surface area contributed by atoms with Crippen LogP contribution < -0.4 is 10.7 Å². The number of nitrogens with one attached hydrogen (secondary N) is 2. The Morgan fingerprint density at radius 1 is 1.30 bits per heavy atom. The number of hydrogen-bond acceptors (Lipinski definition) is 8. The van der Waals surface area contributed by atoms with Crippen molar-refractivity contribution in [3.05, 3.63) is 38.9 Å². The van der Waals surface area contributed by atoms with Gasteiger partial charge in [0.25, 0.3) is 0 Å². The maximum Gasteiger partial charge on any atom is 0.428 e. The zero-order valence-corrected chi connectivity index (χ0v) is 17.9. The van der Waals surface area contributed by atoms with Crippen molar-refractivity contribution >= 4 is 40.6 Å². The summed E-state index contributed by atoms with van der Waals surface area (Å²) in [6.45, 7) is 6.70. The van der Waals surface area contributed by atoms with Crippen molar-refractivity contribution in [2.45, 2.75) is 45.7 Å². The van der Waals surface area contributed by atoms with Crippen LogP contribution in [0.1, 0.15) is 49.4 Å². The molecule has 0 fully saturated rings. The van der Waals surface area contributed by atoms with Crippen molar-refractivity contribution in [3.8, 4) is 0 Å². The lowest BCUT2D eigenvalue weighted by Crippen LogP contribution is -2.30. The van der Waals surface area contributed by atoms with Gasteiger partial charge in [-0.05, 0) is 33.8 Å². The van der Waals surface area contributed by atoms with Gasteiger partial charge in [0, 0.05) is 12.4 Å². The first-order chi connectivity index (χ1) is 13.8. The molecule has 2 aromatic heterocycles. The zero-order valence-electron chi connectivity index (χ0n) is 16.3. The fourth-order valence-corrected chi connectivity index (χ4v) is 3.01. The summed E-state index contributed by atoms with van der Waals surface area (Å²) in [7, 11) is 0. The highest BCUT2D eigenvalue weighted by atomic mass is 35.5. The second-order valence-electron chi connectivity index (χ2n) is 6.97. The van der Waals surface area contributed by atoms with Gasteiger partial charge in [-0.25, -0.2) is 20.2 Å². The van der Waals surface area contributed by atoms with Gasteiger partial charge in [0.1, 0.15) is 16.4 Å². The summed E-state index contributed by atoms with van der Waals surface area (Å²) in [5, 5.41) is 16.4. The second-order valence-corrected chi connectivity index (χ2v) is 8.44. The smallest absolute Gasteiger partial charge is 0.428 e. The van der Waals surface area contributed by atoms with Crippen LogP contribution in [0.25, 0.3) is 0 Å². The van der Waals surface area contributed by atoms with E-state index >= 15 is 0 Å². The van der Waals surface area contributed by atoms with E-state index in [0.29, 0.717) is 21.7 Å². The van der Waals surface area contributed by atoms with E-state index in [4.69, 9.17) is 16.3 Å². The van der Waals surface area contributed by atoms with Gasteiger partial charge in [0.05, 0.1) is 21.2 Å². The molecule has 0 saturated heterocycles. The number of alkyl halides is 3. The van der Waals surface area contributed by atoms with Gasteiger partial charge in [-0.3, -0.25) is 0 Å². The number of hydrogen-bond donors (Lipinski definition) is 3. The molecule has 1 amide bonds. The first kappa shape index (κ1) is 23.8. The van der Waals surface area contributed by atoms with E-state index in [1.54, 1.807) is 27.7 Å². The van der Waals surface area contributed by atoms with E-state index in [1.165, 1.54) is 6.20 Å². The number of hydrazone groups is 1. The van der Waals surface area contributed by atoms with E-state index < -0.39 is 34.7 Å². The molecule has 2 aromatic rings. The third-order valence-corrected chi connectivity index (χ3v) is 4.72. The van der Waals surface area contributed by atoms with Crippen molar-refractivity contribution < 1.29 is 27.8 Å². The van der Waals surface area contributed by atoms with Crippen LogP contribution in [0.5, 0.6) is 0 Å². The van der Waals surface area contributed by atoms with Crippen LogP contribution >= 0.6 is 22.9 Å². The fraction of sp³-hybridized carbons (Fsp3) is 0.412. The molecule has 0 aliphatic rings. The molecule has 30 heavy (non-hydrogen) atoms. The van der Waals surface area contributed by atoms with Crippen molar-refractivity contribution in [1.29, 1.82) is 0 Å². The van der Waals surface area contributed by atoms with Crippen molar-refractivity contribution in [3.63, 3.8) is 0 Å². The molecule has 8 nitrogen and oxygen atoms in total. The molecule has 3 N–H and O–H groups in total. The van der Waals surface area contributed by atoms with E-state index in [9.17, 15) is 23.1 Å². The standard InChI is InChI=1S/C17H19ClF3N5O3S/c1-8(25-26-15(28)29-16(2,3)4)14-23-7-11(30-14)13(27)24-12-5-9(17(19,20)21)10(18)6-22-12/h5-7,13,27H,1-4H3,(H,22,24)(H,26,28)/b25-8+. The van der Waals surface area contributed by atoms with Crippen LogP contribution in [0.15, 0.2) is 23.6 Å². The Morgan fingerprint density at radius 3 is 2.57 bits per heavy atom. The average molecular weight is 466 g/mol. The lowest BCUT2D eigenvalue weighted by molar-refractivity contribution is -0.137. The normalized spacial score (nSPS) is 13.7. The van der Waals surface area contributed by atoms with Gasteiger partial charge in [-0.15, -0.1) is 11.3 Å². The Hall–Kier alpha value is -2.44. The third kappa shape index (κ3) is 6.82. The first-order valence-electron chi connectivity index (χ1n) is 8.43. The highest BCUT2D eigenvalue weighted by Gasteiger charge is 2.34. The third-order valence-electron chi connectivity index (χ3n) is 3.26. The molecular formula is C17H19ClF3N5O3S. The van der Waals surface area contributed by atoms with Crippen LogP contribution in [-0.4, -0.2) is 32.5 Å². The maximum absolute atomic E-state index is 12.9. The number of aromatic nitrogens is 2. The predicted octanol–water partition coefficient (Wildman–Crippen LogP) is 4.56. The number of carbonyl (C=O) groups is 1. The summed E-state index contributed by atoms with van der Waals surface area (Å²) in [5.41, 5.74) is 0.813. The lowest BCUT2D eigenvalue weighted by atomic mass is 10.2. The van der Waals surface area contributed by atoms with Crippen LogP contribution in [-0.2, 0) is 10.9 Å². The second kappa shape index (κ2) is 9.14. The molecule has 2 heterocycles. The zero-order chi connectivity index (χ0) is 22.7. The Balaban J connectivity index is 2.07. The summed E-state index contributed by atoms with van der Waals surface area (Å²) < 4.78 is 43.9. The molecule has 0 aliphatic heterocycles. The van der Waals surface area contributed by atoms with E-state index in [0.717, 1.165) is 17.5 Å². The lowest BCUT2D eigenvalue weighted by Gasteiger charge is -2.18. The SMILES string of the molecule is C/C(=N\NC(=O)OC(C)(C)C)c1ncc(C(O)Nc2cc(C(F)(F)F)c(Cl)cn2)s1. The number of halogens is 4. The van der Waals surface area contributed by atoms with Crippen LogP contribution in [0.3, 0.4) is 0 Å². The molecule has 0 saturated carbocycles. The van der Waals surface area contributed by atoms with Crippen molar-refractivity contribution in [2.75, 3.05) is 5.32 Å². The number of carbonyl (C=O) groups excluding carboxylic acids is 1. The van der Waals surface area contributed by atoms with E-state index in [2.05, 4.69) is 25.8 Å². The van der Waals surface area contributed by atoms with Gasteiger partial charge in [0.2, 0.25) is 0 Å². The molecule has 0 spiro atoms. The van der Waals surface area contributed by atoms with Crippen molar-refractivity contribution in [2.24, 2.45) is 5.10 Å². The van der Waals surface area contributed by atoms with Crippen molar-refractivity contribution in [1.82, 2.24) is 15.4 Å². The predicted molar refractivity (Wildman–Crippen MR) is 107 cm³/mol. The molecule has 0 radical (unpaired) electrons. The molecule has 13 heteroatoms. The summed E-state index contributed by atoms with van der Waals surface area (Å²) in [6.07, 6.45) is -4.61. The number of anilines is 1. The molecule has 164 valence electrons. The van der Waals surface area contributed by atoms with Gasteiger partial charge in [-0.1, -0.05) is 11.6 Å². The van der Waals surface area contributed by atoms with Gasteiger partial charge in [0.15, 0.2) is 6.23 Å². The number of nitrogens with zero attached hydrogens (tertiary/aromatic N) is 3. The summed E-state index contributed by atoms with van der Waals surface area (Å²) in [4.78, 5) is 19.7.